The largest absolute Gasteiger partial charge is 0.349 e. The lowest BCUT2D eigenvalue weighted by Gasteiger charge is -2.31. The van der Waals surface area contributed by atoms with Crippen molar-refractivity contribution >= 4 is 29.1 Å². The molecule has 0 saturated heterocycles. The van der Waals surface area contributed by atoms with Crippen LogP contribution in [0.3, 0.4) is 0 Å². The van der Waals surface area contributed by atoms with Gasteiger partial charge in [-0.05, 0) is 42.2 Å². The predicted molar refractivity (Wildman–Crippen MR) is 99.7 cm³/mol. The first-order valence-electron chi connectivity index (χ1n) is 8.45. The van der Waals surface area contributed by atoms with Gasteiger partial charge in [-0.25, -0.2) is 0 Å². The molecule has 0 bridgehead atoms. The normalized spacial score (nSPS) is 14.6. The number of fused-ring (bicyclic) bond motifs is 1. The van der Waals surface area contributed by atoms with Crippen molar-refractivity contribution in [2.45, 2.75) is 32.2 Å². The van der Waals surface area contributed by atoms with Gasteiger partial charge in [-0.15, -0.1) is 0 Å². The van der Waals surface area contributed by atoms with Gasteiger partial charge in [0.1, 0.15) is 0 Å². The molecule has 0 radical (unpaired) electrons. The minimum Gasteiger partial charge on any atom is -0.349 e. The summed E-state index contributed by atoms with van der Waals surface area (Å²) in [6.45, 7) is 2.17. The maximum Gasteiger partial charge on any atom is 0.229 e. The molecular formula is C20H21ClN2O2. The predicted octanol–water partition coefficient (Wildman–Crippen LogP) is 3.89. The maximum absolute atomic E-state index is 12.9. The van der Waals surface area contributed by atoms with Gasteiger partial charge < -0.3 is 10.2 Å². The molecule has 0 aliphatic carbocycles. The summed E-state index contributed by atoms with van der Waals surface area (Å²) in [5.41, 5.74) is 3.05. The summed E-state index contributed by atoms with van der Waals surface area (Å²) in [6.07, 6.45) is 2.16. The van der Waals surface area contributed by atoms with Gasteiger partial charge in [-0.1, -0.05) is 41.9 Å². The van der Waals surface area contributed by atoms with Crippen molar-refractivity contribution < 1.29 is 9.59 Å². The van der Waals surface area contributed by atoms with Crippen LogP contribution in [0.5, 0.6) is 0 Å². The van der Waals surface area contributed by atoms with Crippen LogP contribution in [0.25, 0.3) is 0 Å². The molecule has 0 aromatic heterocycles. The quantitative estimate of drug-likeness (QED) is 0.903. The van der Waals surface area contributed by atoms with Crippen LogP contribution < -0.4 is 10.2 Å². The van der Waals surface area contributed by atoms with Crippen molar-refractivity contribution in [2.24, 2.45) is 0 Å². The zero-order valence-electron chi connectivity index (χ0n) is 14.2. The number of halogens is 1. The Balaban J connectivity index is 1.81. The van der Waals surface area contributed by atoms with Gasteiger partial charge in [0.05, 0.1) is 12.5 Å². The summed E-state index contributed by atoms with van der Waals surface area (Å²) in [5.74, 6) is -0.146. The Morgan fingerprint density at radius 3 is 2.60 bits per heavy atom. The van der Waals surface area contributed by atoms with E-state index in [1.54, 1.807) is 12.1 Å². The van der Waals surface area contributed by atoms with Gasteiger partial charge in [0.25, 0.3) is 0 Å². The van der Waals surface area contributed by atoms with Crippen molar-refractivity contribution in [3.8, 4) is 0 Å². The standard InChI is InChI=1S/C20H21ClN2O2/c1-14(24)22-18(15-8-10-17(21)11-9-15)13-20(25)23-12-4-6-16-5-2-3-7-19(16)23/h2-3,5,7-11,18H,4,6,12-13H2,1H3,(H,22,24). The second kappa shape index (κ2) is 7.70. The average Bonchev–Trinajstić information content (AvgIpc) is 2.61. The van der Waals surface area contributed by atoms with Crippen LogP contribution in [0.15, 0.2) is 48.5 Å². The Labute approximate surface area is 152 Å². The van der Waals surface area contributed by atoms with E-state index in [1.165, 1.54) is 12.5 Å². The number of benzene rings is 2. The average molecular weight is 357 g/mol. The van der Waals surface area contributed by atoms with E-state index in [-0.39, 0.29) is 24.3 Å². The lowest BCUT2D eigenvalue weighted by atomic mass is 9.99. The summed E-state index contributed by atoms with van der Waals surface area (Å²) in [6, 6.07) is 14.9. The molecule has 1 aliphatic heterocycles. The summed E-state index contributed by atoms with van der Waals surface area (Å²) < 4.78 is 0. The molecule has 1 heterocycles. The van der Waals surface area contributed by atoms with Crippen molar-refractivity contribution in [1.29, 1.82) is 0 Å². The lowest BCUT2D eigenvalue weighted by molar-refractivity contribution is -0.121. The molecule has 2 amide bonds. The smallest absolute Gasteiger partial charge is 0.229 e. The van der Waals surface area contributed by atoms with Crippen molar-refractivity contribution in [3.05, 3.63) is 64.7 Å². The second-order valence-electron chi connectivity index (χ2n) is 6.29. The first-order valence-corrected chi connectivity index (χ1v) is 8.83. The second-order valence-corrected chi connectivity index (χ2v) is 6.72. The molecule has 0 saturated carbocycles. The molecule has 0 spiro atoms. The minimum absolute atomic E-state index is 0.0147. The summed E-state index contributed by atoms with van der Waals surface area (Å²) >= 11 is 5.94. The van der Waals surface area contributed by atoms with Gasteiger partial charge >= 0.3 is 0 Å². The number of carbonyl (C=O) groups is 2. The SMILES string of the molecule is CC(=O)NC(CC(=O)N1CCCc2ccccc21)c1ccc(Cl)cc1. The molecule has 1 unspecified atom stereocenters. The highest BCUT2D eigenvalue weighted by atomic mass is 35.5. The molecule has 1 N–H and O–H groups in total. The summed E-state index contributed by atoms with van der Waals surface area (Å²) in [7, 11) is 0. The van der Waals surface area contributed by atoms with Crippen molar-refractivity contribution in [2.75, 3.05) is 11.4 Å². The lowest BCUT2D eigenvalue weighted by Crippen LogP contribution is -2.38. The van der Waals surface area contributed by atoms with Gasteiger partial charge in [-0.2, -0.15) is 0 Å². The molecule has 5 heteroatoms. The summed E-state index contributed by atoms with van der Waals surface area (Å²) in [4.78, 5) is 26.4. The van der Waals surface area contributed by atoms with Crippen LogP contribution in [0.1, 0.15) is 36.9 Å². The number of hydrogen-bond donors (Lipinski definition) is 1. The monoisotopic (exact) mass is 356 g/mol. The van der Waals surface area contributed by atoms with E-state index in [0.717, 1.165) is 24.1 Å². The maximum atomic E-state index is 12.9. The number of nitrogens with zero attached hydrogens (tertiary/aromatic N) is 1. The van der Waals surface area contributed by atoms with E-state index in [1.807, 2.05) is 35.2 Å². The highest BCUT2D eigenvalue weighted by Crippen LogP contribution is 2.29. The summed E-state index contributed by atoms with van der Waals surface area (Å²) in [5, 5.41) is 3.51. The molecule has 25 heavy (non-hydrogen) atoms. The zero-order chi connectivity index (χ0) is 17.8. The molecule has 3 rings (SSSR count). The number of rotatable bonds is 4. The van der Waals surface area contributed by atoms with Gasteiger partial charge in [0.15, 0.2) is 0 Å². The van der Waals surface area contributed by atoms with Gasteiger partial charge in [-0.3, -0.25) is 9.59 Å². The Bertz CT molecular complexity index is 774. The van der Waals surface area contributed by atoms with E-state index in [9.17, 15) is 9.59 Å². The first kappa shape index (κ1) is 17.5. The van der Waals surface area contributed by atoms with Crippen LogP contribution in [-0.2, 0) is 16.0 Å². The third-order valence-electron chi connectivity index (χ3n) is 4.44. The molecule has 1 atom stereocenters. The highest BCUT2D eigenvalue weighted by Gasteiger charge is 2.25. The van der Waals surface area contributed by atoms with E-state index >= 15 is 0 Å². The number of aryl methyl sites for hydroxylation is 1. The number of carbonyl (C=O) groups excluding carboxylic acids is 2. The van der Waals surface area contributed by atoms with Crippen LogP contribution in [0.2, 0.25) is 5.02 Å². The number of para-hydroxylation sites is 1. The third kappa shape index (κ3) is 4.20. The minimum atomic E-state index is -0.364. The molecule has 0 fully saturated rings. The van der Waals surface area contributed by atoms with Gasteiger partial charge in [0, 0.05) is 24.2 Å². The molecule has 2 aromatic carbocycles. The van der Waals surface area contributed by atoms with Crippen LogP contribution in [0, 0.1) is 0 Å². The van der Waals surface area contributed by atoms with E-state index < -0.39 is 0 Å². The number of amides is 2. The number of nitrogens with one attached hydrogen (secondary N) is 1. The van der Waals surface area contributed by atoms with Crippen LogP contribution in [-0.4, -0.2) is 18.4 Å². The van der Waals surface area contributed by atoms with Gasteiger partial charge in [0.2, 0.25) is 11.8 Å². The van der Waals surface area contributed by atoms with E-state index in [2.05, 4.69) is 11.4 Å². The Morgan fingerprint density at radius 2 is 1.88 bits per heavy atom. The molecule has 2 aromatic rings. The molecule has 4 nitrogen and oxygen atoms in total. The van der Waals surface area contributed by atoms with Crippen LogP contribution >= 0.6 is 11.6 Å². The van der Waals surface area contributed by atoms with Crippen LogP contribution in [0.4, 0.5) is 5.69 Å². The fraction of sp³-hybridized carbons (Fsp3) is 0.300. The Hall–Kier alpha value is -2.33. The molecule has 130 valence electrons. The fourth-order valence-electron chi connectivity index (χ4n) is 3.27. The number of hydrogen-bond acceptors (Lipinski definition) is 2. The Kier molecular flexibility index (Phi) is 5.39. The number of anilines is 1. The first-order chi connectivity index (χ1) is 12.0. The van der Waals surface area contributed by atoms with Crippen molar-refractivity contribution in [1.82, 2.24) is 5.32 Å². The zero-order valence-corrected chi connectivity index (χ0v) is 14.9. The topological polar surface area (TPSA) is 49.4 Å². The molecule has 1 aliphatic rings. The van der Waals surface area contributed by atoms with E-state index in [4.69, 9.17) is 11.6 Å². The van der Waals surface area contributed by atoms with Crippen molar-refractivity contribution in [3.63, 3.8) is 0 Å². The van der Waals surface area contributed by atoms with E-state index in [0.29, 0.717) is 11.6 Å². The highest BCUT2D eigenvalue weighted by molar-refractivity contribution is 6.30. The molecular weight excluding hydrogens is 336 g/mol. The third-order valence-corrected chi connectivity index (χ3v) is 4.69. The Morgan fingerprint density at radius 1 is 1.16 bits per heavy atom. The fourth-order valence-corrected chi connectivity index (χ4v) is 3.40.